The molecular formula is C14H11ClN4O4S. The summed E-state index contributed by atoms with van der Waals surface area (Å²) in [7, 11) is 0. The van der Waals surface area contributed by atoms with Gasteiger partial charge >= 0.3 is 0 Å². The Morgan fingerprint density at radius 1 is 1.46 bits per heavy atom. The number of anilines is 1. The number of rotatable bonds is 3. The van der Waals surface area contributed by atoms with Crippen molar-refractivity contribution in [2.75, 3.05) is 11.9 Å². The number of fused-ring (bicyclic) bond motifs is 1. The largest absolute Gasteiger partial charge is 0.351 e. The Labute approximate surface area is 145 Å². The number of amides is 2. The van der Waals surface area contributed by atoms with Gasteiger partial charge in [-0.05, 0) is 25.0 Å². The van der Waals surface area contributed by atoms with E-state index < -0.39 is 10.8 Å². The summed E-state index contributed by atoms with van der Waals surface area (Å²) in [4.78, 5) is 39.3. The van der Waals surface area contributed by atoms with Crippen molar-refractivity contribution in [3.63, 3.8) is 0 Å². The number of aryl methyl sites for hydroxylation is 1. The van der Waals surface area contributed by atoms with Gasteiger partial charge in [0.2, 0.25) is 0 Å². The Bertz CT molecular complexity index is 851. The van der Waals surface area contributed by atoms with Crippen LogP contribution in [-0.2, 0) is 6.42 Å². The van der Waals surface area contributed by atoms with E-state index in [0.717, 1.165) is 17.8 Å². The minimum absolute atomic E-state index is 0.164. The first kappa shape index (κ1) is 16.3. The van der Waals surface area contributed by atoms with Crippen molar-refractivity contribution in [3.05, 3.63) is 49.5 Å². The first-order valence-electron chi connectivity index (χ1n) is 6.99. The van der Waals surface area contributed by atoms with Crippen molar-refractivity contribution in [1.82, 2.24) is 10.3 Å². The van der Waals surface area contributed by atoms with Gasteiger partial charge in [-0.2, -0.15) is 0 Å². The van der Waals surface area contributed by atoms with E-state index in [9.17, 15) is 19.7 Å². The predicted molar refractivity (Wildman–Crippen MR) is 88.8 cm³/mol. The average Bonchev–Trinajstić information content (AvgIpc) is 2.85. The van der Waals surface area contributed by atoms with Gasteiger partial charge in [-0.15, -0.1) is 0 Å². The maximum Gasteiger partial charge on any atom is 0.282 e. The summed E-state index contributed by atoms with van der Waals surface area (Å²) in [6, 6.07) is 3.73. The fourth-order valence-corrected chi connectivity index (χ4v) is 3.40. The van der Waals surface area contributed by atoms with E-state index in [1.54, 1.807) is 0 Å². The smallest absolute Gasteiger partial charge is 0.282 e. The highest BCUT2D eigenvalue weighted by atomic mass is 35.5. The first-order chi connectivity index (χ1) is 11.5. The van der Waals surface area contributed by atoms with Crippen LogP contribution in [0.2, 0.25) is 5.02 Å². The summed E-state index contributed by atoms with van der Waals surface area (Å²) in [5, 5.41) is 16.7. The number of nitrogens with zero attached hydrogens (tertiary/aromatic N) is 2. The number of hydrogen-bond acceptors (Lipinski definition) is 6. The second-order valence-electron chi connectivity index (χ2n) is 5.03. The molecule has 0 atom stereocenters. The maximum absolute atomic E-state index is 12.3. The van der Waals surface area contributed by atoms with Crippen molar-refractivity contribution in [2.24, 2.45) is 0 Å². The molecule has 2 amide bonds. The third-order valence-corrected chi connectivity index (χ3v) is 4.65. The molecule has 0 radical (unpaired) electrons. The molecule has 0 bridgehead atoms. The number of nitro groups is 1. The van der Waals surface area contributed by atoms with E-state index in [0.29, 0.717) is 23.5 Å². The summed E-state index contributed by atoms with van der Waals surface area (Å²) >= 11 is 6.86. The normalized spacial score (nSPS) is 13.6. The highest BCUT2D eigenvalue weighted by Crippen LogP contribution is 2.28. The molecule has 124 valence electrons. The van der Waals surface area contributed by atoms with E-state index in [1.165, 1.54) is 18.2 Å². The van der Waals surface area contributed by atoms with Crippen molar-refractivity contribution in [1.29, 1.82) is 0 Å². The number of hydrogen-bond donors (Lipinski definition) is 2. The zero-order chi connectivity index (χ0) is 17.3. The van der Waals surface area contributed by atoms with Crippen LogP contribution < -0.4 is 10.6 Å². The molecule has 0 saturated heterocycles. The van der Waals surface area contributed by atoms with Gasteiger partial charge in [-0.25, -0.2) is 4.98 Å². The van der Waals surface area contributed by atoms with Crippen LogP contribution in [0.15, 0.2) is 18.2 Å². The molecule has 1 aromatic carbocycles. The molecule has 3 rings (SSSR count). The molecule has 0 saturated carbocycles. The van der Waals surface area contributed by atoms with Crippen LogP contribution in [-0.4, -0.2) is 28.3 Å². The van der Waals surface area contributed by atoms with E-state index in [-0.39, 0.29) is 27.3 Å². The van der Waals surface area contributed by atoms with Crippen LogP contribution in [0.3, 0.4) is 0 Å². The molecule has 1 aliphatic rings. The lowest BCUT2D eigenvalue weighted by atomic mass is 10.1. The minimum atomic E-state index is -0.700. The zero-order valence-corrected chi connectivity index (χ0v) is 13.7. The molecule has 1 aliphatic heterocycles. The van der Waals surface area contributed by atoms with Gasteiger partial charge in [0, 0.05) is 17.6 Å². The van der Waals surface area contributed by atoms with Crippen LogP contribution in [0, 0.1) is 10.1 Å². The standard InChI is InChI=1S/C14H11ClN4O4S/c15-7-3-4-10(19(22)23)8(6-7)12(20)18-14-17-9-2-1-5-16-13(21)11(9)24-14/h3-4,6H,1-2,5H2,(H,16,21)(H,17,18,20). The van der Waals surface area contributed by atoms with Crippen molar-refractivity contribution in [3.8, 4) is 0 Å². The zero-order valence-electron chi connectivity index (χ0n) is 12.2. The van der Waals surface area contributed by atoms with E-state index in [1.807, 2.05) is 0 Å². The number of halogens is 1. The first-order valence-corrected chi connectivity index (χ1v) is 8.18. The lowest BCUT2D eigenvalue weighted by Crippen LogP contribution is -2.21. The molecule has 1 aromatic heterocycles. The van der Waals surface area contributed by atoms with Gasteiger partial charge in [0.25, 0.3) is 17.5 Å². The Kier molecular flexibility index (Phi) is 4.45. The quantitative estimate of drug-likeness (QED) is 0.640. The van der Waals surface area contributed by atoms with Crippen LogP contribution in [0.4, 0.5) is 10.8 Å². The van der Waals surface area contributed by atoms with Crippen LogP contribution in [0.1, 0.15) is 32.1 Å². The molecule has 0 fully saturated rings. The van der Waals surface area contributed by atoms with Crippen LogP contribution in [0.25, 0.3) is 0 Å². The van der Waals surface area contributed by atoms with E-state index in [4.69, 9.17) is 11.6 Å². The minimum Gasteiger partial charge on any atom is -0.351 e. The van der Waals surface area contributed by atoms with Gasteiger partial charge in [-0.3, -0.25) is 25.0 Å². The number of benzene rings is 1. The molecule has 2 aromatic rings. The van der Waals surface area contributed by atoms with Crippen LogP contribution in [0.5, 0.6) is 0 Å². The topological polar surface area (TPSA) is 114 Å². The molecule has 0 unspecified atom stereocenters. The molecular weight excluding hydrogens is 356 g/mol. The third kappa shape index (κ3) is 3.22. The fraction of sp³-hybridized carbons (Fsp3) is 0.214. The van der Waals surface area contributed by atoms with Gasteiger partial charge < -0.3 is 5.32 Å². The Balaban J connectivity index is 1.89. The van der Waals surface area contributed by atoms with Crippen molar-refractivity contribution >= 4 is 45.6 Å². The molecule has 0 spiro atoms. The second-order valence-corrected chi connectivity index (χ2v) is 6.46. The molecule has 10 heteroatoms. The average molecular weight is 367 g/mol. The molecule has 24 heavy (non-hydrogen) atoms. The lowest BCUT2D eigenvalue weighted by molar-refractivity contribution is -0.385. The molecule has 2 heterocycles. The SMILES string of the molecule is O=C(Nc1nc2c(s1)C(=O)NCCC2)c1cc(Cl)ccc1[N+](=O)[O-]. The molecule has 8 nitrogen and oxygen atoms in total. The summed E-state index contributed by atoms with van der Waals surface area (Å²) in [5.41, 5.74) is 0.0981. The fourth-order valence-electron chi connectivity index (χ4n) is 2.30. The maximum atomic E-state index is 12.3. The highest BCUT2D eigenvalue weighted by Gasteiger charge is 2.24. The van der Waals surface area contributed by atoms with E-state index in [2.05, 4.69) is 15.6 Å². The number of aromatic nitrogens is 1. The van der Waals surface area contributed by atoms with Gasteiger partial charge in [-0.1, -0.05) is 22.9 Å². The summed E-state index contributed by atoms with van der Waals surface area (Å²) in [6.07, 6.45) is 1.38. The highest BCUT2D eigenvalue weighted by molar-refractivity contribution is 7.17. The summed E-state index contributed by atoms with van der Waals surface area (Å²) in [6.45, 7) is 0.582. The lowest BCUT2D eigenvalue weighted by Gasteiger charge is -2.03. The summed E-state index contributed by atoms with van der Waals surface area (Å²) < 4.78 is 0. The van der Waals surface area contributed by atoms with Crippen molar-refractivity contribution < 1.29 is 14.5 Å². The monoisotopic (exact) mass is 366 g/mol. The predicted octanol–water partition coefficient (Wildman–Crippen LogP) is 2.63. The molecule has 2 N–H and O–H groups in total. The van der Waals surface area contributed by atoms with E-state index >= 15 is 0 Å². The number of nitrogens with one attached hydrogen (secondary N) is 2. The molecule has 0 aliphatic carbocycles. The van der Waals surface area contributed by atoms with Gasteiger partial charge in [0.05, 0.1) is 10.6 Å². The third-order valence-electron chi connectivity index (χ3n) is 3.40. The number of carbonyl (C=O) groups excluding carboxylic acids is 2. The summed E-state index contributed by atoms with van der Waals surface area (Å²) in [5.74, 6) is -0.928. The Morgan fingerprint density at radius 2 is 2.25 bits per heavy atom. The second kappa shape index (κ2) is 6.54. The van der Waals surface area contributed by atoms with Gasteiger partial charge in [0.15, 0.2) is 5.13 Å². The van der Waals surface area contributed by atoms with Gasteiger partial charge in [0.1, 0.15) is 10.4 Å². The van der Waals surface area contributed by atoms with Crippen LogP contribution >= 0.6 is 22.9 Å². The number of nitro benzene ring substituents is 1. The number of carbonyl (C=O) groups is 2. The Morgan fingerprint density at radius 3 is 3.00 bits per heavy atom. The number of thiazole rings is 1. The van der Waals surface area contributed by atoms with Crippen molar-refractivity contribution in [2.45, 2.75) is 12.8 Å². The Hall–Kier alpha value is -2.52.